The molecule has 0 saturated carbocycles. The van der Waals surface area contributed by atoms with Crippen LogP contribution in [0.2, 0.25) is 0 Å². The van der Waals surface area contributed by atoms with E-state index < -0.39 is 5.60 Å². The third kappa shape index (κ3) is 2.74. The molecule has 0 fully saturated rings. The van der Waals surface area contributed by atoms with Gasteiger partial charge in [-0.15, -0.1) is 0 Å². The molecule has 0 atom stereocenters. The summed E-state index contributed by atoms with van der Waals surface area (Å²) in [5.74, 6) is -0.256. The Balaban J connectivity index is 2.44. The molecule has 1 aromatic carbocycles. The van der Waals surface area contributed by atoms with E-state index in [-0.39, 0.29) is 11.4 Å². The molecule has 114 valence electrons. The zero-order chi connectivity index (χ0) is 16.0. The van der Waals surface area contributed by atoms with E-state index in [2.05, 4.69) is 32.3 Å². The highest BCUT2D eigenvalue weighted by atomic mass is 16.6. The molecule has 0 saturated heterocycles. The highest BCUT2D eigenvalue weighted by Gasteiger charge is 2.42. The number of carbonyl (C=O) groups excluding carboxylic acids is 1. The molecule has 21 heavy (non-hydrogen) atoms. The van der Waals surface area contributed by atoms with E-state index in [1.54, 1.807) is 0 Å². The summed E-state index contributed by atoms with van der Waals surface area (Å²) in [4.78, 5) is 12.3. The fourth-order valence-corrected chi connectivity index (χ4v) is 2.86. The molecule has 0 aliphatic carbocycles. The zero-order valence-corrected chi connectivity index (χ0v) is 14.2. The highest BCUT2D eigenvalue weighted by Crippen LogP contribution is 2.40. The summed E-state index contributed by atoms with van der Waals surface area (Å²) in [6.45, 7) is 15.3. The van der Waals surface area contributed by atoms with Crippen LogP contribution >= 0.6 is 0 Å². The Morgan fingerprint density at radius 2 is 1.90 bits per heavy atom. The lowest BCUT2D eigenvalue weighted by molar-refractivity contribution is -0.434. The maximum atomic E-state index is 12.3. The second-order valence-corrected chi connectivity index (χ2v) is 7.19. The predicted octanol–water partition coefficient (Wildman–Crippen LogP) is 4.06. The number of esters is 1. The minimum atomic E-state index is -0.469. The van der Waals surface area contributed by atoms with Crippen LogP contribution in [-0.4, -0.2) is 28.4 Å². The molecular formula is C18H26NO2+. The maximum Gasteiger partial charge on any atom is 0.338 e. The van der Waals surface area contributed by atoms with Crippen molar-refractivity contribution in [1.29, 1.82) is 0 Å². The van der Waals surface area contributed by atoms with Gasteiger partial charge in [0.15, 0.2) is 5.71 Å². The van der Waals surface area contributed by atoms with Gasteiger partial charge in [0, 0.05) is 18.6 Å². The first-order chi connectivity index (χ1) is 9.58. The van der Waals surface area contributed by atoms with Crippen molar-refractivity contribution in [2.75, 3.05) is 6.54 Å². The Morgan fingerprint density at radius 1 is 1.29 bits per heavy atom. The highest BCUT2D eigenvalue weighted by molar-refractivity contribution is 5.96. The van der Waals surface area contributed by atoms with Crippen LogP contribution in [0.25, 0.3) is 0 Å². The van der Waals surface area contributed by atoms with Crippen molar-refractivity contribution in [3.8, 4) is 0 Å². The van der Waals surface area contributed by atoms with Gasteiger partial charge in [0.05, 0.1) is 11.0 Å². The van der Waals surface area contributed by atoms with E-state index in [0.717, 1.165) is 6.54 Å². The van der Waals surface area contributed by atoms with Gasteiger partial charge in [-0.05, 0) is 53.7 Å². The number of ether oxygens (including phenoxy) is 1. The van der Waals surface area contributed by atoms with E-state index in [1.807, 2.05) is 39.0 Å². The standard InChI is InChI=1S/C18H26NO2/c1-8-19-12(2)18(6,7)14-11-13(9-10-15(14)19)16(20)21-17(3,4)5/h9-11H,8H2,1-7H3/q+1. The molecule has 1 aromatic rings. The van der Waals surface area contributed by atoms with Crippen molar-refractivity contribution in [3.05, 3.63) is 29.3 Å². The molecular weight excluding hydrogens is 262 g/mol. The second-order valence-electron chi connectivity index (χ2n) is 7.19. The molecule has 0 spiro atoms. The molecule has 0 N–H and O–H groups in total. The number of benzene rings is 1. The molecule has 2 rings (SSSR count). The van der Waals surface area contributed by atoms with Gasteiger partial charge in [0.1, 0.15) is 12.1 Å². The van der Waals surface area contributed by atoms with Crippen LogP contribution in [0.3, 0.4) is 0 Å². The SMILES string of the molecule is CC[N+]1=C(C)C(C)(C)c2cc(C(=O)OC(C)(C)C)ccc21. The molecule has 0 radical (unpaired) electrons. The number of hydrogen-bond acceptors (Lipinski definition) is 2. The Labute approximate surface area is 127 Å². The monoisotopic (exact) mass is 288 g/mol. The molecule has 1 aliphatic heterocycles. The summed E-state index contributed by atoms with van der Waals surface area (Å²) < 4.78 is 7.79. The molecule has 0 bridgehead atoms. The molecule has 0 unspecified atom stereocenters. The quantitative estimate of drug-likeness (QED) is 0.606. The zero-order valence-electron chi connectivity index (χ0n) is 14.2. The molecule has 1 heterocycles. The summed E-state index contributed by atoms with van der Waals surface area (Å²) >= 11 is 0. The first-order valence-corrected chi connectivity index (χ1v) is 7.57. The lowest BCUT2D eigenvalue weighted by Gasteiger charge is -2.20. The minimum absolute atomic E-state index is 0.0522. The van der Waals surface area contributed by atoms with Crippen molar-refractivity contribution in [2.45, 2.75) is 59.5 Å². The molecule has 3 heteroatoms. The van der Waals surface area contributed by atoms with Gasteiger partial charge in [-0.3, -0.25) is 0 Å². The Morgan fingerprint density at radius 3 is 2.43 bits per heavy atom. The predicted molar refractivity (Wildman–Crippen MR) is 85.8 cm³/mol. The van der Waals surface area contributed by atoms with Crippen LogP contribution in [0, 0.1) is 0 Å². The van der Waals surface area contributed by atoms with Crippen LogP contribution < -0.4 is 0 Å². The van der Waals surface area contributed by atoms with Crippen molar-refractivity contribution in [3.63, 3.8) is 0 Å². The lowest BCUT2D eigenvalue weighted by atomic mass is 9.81. The first-order valence-electron chi connectivity index (χ1n) is 7.57. The Hall–Kier alpha value is -1.64. The van der Waals surface area contributed by atoms with Crippen molar-refractivity contribution >= 4 is 17.4 Å². The minimum Gasteiger partial charge on any atom is -0.456 e. The fourth-order valence-electron chi connectivity index (χ4n) is 2.86. The molecule has 0 aromatic heterocycles. The summed E-state index contributed by atoms with van der Waals surface area (Å²) in [5, 5.41) is 0. The smallest absolute Gasteiger partial charge is 0.338 e. The number of rotatable bonds is 2. The van der Waals surface area contributed by atoms with Gasteiger partial charge < -0.3 is 4.74 Å². The van der Waals surface area contributed by atoms with Gasteiger partial charge in [-0.25, -0.2) is 4.79 Å². The van der Waals surface area contributed by atoms with Crippen LogP contribution in [0.15, 0.2) is 18.2 Å². The fraction of sp³-hybridized carbons (Fsp3) is 0.556. The Bertz CT molecular complexity index is 619. The summed E-state index contributed by atoms with van der Waals surface area (Å²) in [6.07, 6.45) is 0. The Kier molecular flexibility index (Phi) is 3.73. The third-order valence-corrected chi connectivity index (χ3v) is 4.22. The maximum absolute atomic E-state index is 12.3. The van der Waals surface area contributed by atoms with Gasteiger partial charge in [-0.1, -0.05) is 0 Å². The number of hydrogen-bond donors (Lipinski definition) is 0. The summed E-state index contributed by atoms with van der Waals surface area (Å²) in [7, 11) is 0. The number of carbonyl (C=O) groups is 1. The average molecular weight is 288 g/mol. The molecule has 3 nitrogen and oxygen atoms in total. The number of nitrogens with zero attached hydrogens (tertiary/aromatic N) is 1. The van der Waals surface area contributed by atoms with Gasteiger partial charge in [0.25, 0.3) is 0 Å². The average Bonchev–Trinajstić information content (AvgIpc) is 2.55. The van der Waals surface area contributed by atoms with Gasteiger partial charge in [-0.2, -0.15) is 4.58 Å². The topological polar surface area (TPSA) is 29.3 Å². The van der Waals surface area contributed by atoms with E-state index in [0.29, 0.717) is 5.56 Å². The van der Waals surface area contributed by atoms with E-state index in [1.165, 1.54) is 17.0 Å². The third-order valence-electron chi connectivity index (χ3n) is 4.22. The van der Waals surface area contributed by atoms with Crippen molar-refractivity contribution in [1.82, 2.24) is 0 Å². The van der Waals surface area contributed by atoms with E-state index in [4.69, 9.17) is 4.74 Å². The molecule has 1 aliphatic rings. The van der Waals surface area contributed by atoms with Crippen LogP contribution in [0.5, 0.6) is 0 Å². The van der Waals surface area contributed by atoms with Gasteiger partial charge in [0.2, 0.25) is 5.69 Å². The van der Waals surface area contributed by atoms with Gasteiger partial charge >= 0.3 is 5.97 Å². The van der Waals surface area contributed by atoms with E-state index in [9.17, 15) is 4.79 Å². The van der Waals surface area contributed by atoms with Crippen molar-refractivity contribution < 1.29 is 14.1 Å². The van der Waals surface area contributed by atoms with Crippen molar-refractivity contribution in [2.24, 2.45) is 0 Å². The first kappa shape index (κ1) is 15.7. The van der Waals surface area contributed by atoms with Crippen LogP contribution in [0.1, 0.15) is 64.4 Å². The second kappa shape index (κ2) is 4.97. The van der Waals surface area contributed by atoms with Crippen LogP contribution in [-0.2, 0) is 10.2 Å². The summed E-state index contributed by atoms with van der Waals surface area (Å²) in [6, 6.07) is 5.89. The largest absolute Gasteiger partial charge is 0.456 e. The van der Waals surface area contributed by atoms with E-state index >= 15 is 0 Å². The molecule has 0 amide bonds. The normalized spacial score (nSPS) is 16.9. The summed E-state index contributed by atoms with van der Waals surface area (Å²) in [5.41, 5.74) is 3.83. The number of fused-ring (bicyclic) bond motifs is 1. The lowest BCUT2D eigenvalue weighted by Crippen LogP contribution is -2.27. The van der Waals surface area contributed by atoms with Crippen LogP contribution in [0.4, 0.5) is 5.69 Å².